The lowest BCUT2D eigenvalue weighted by atomic mass is 10.0. The summed E-state index contributed by atoms with van der Waals surface area (Å²) in [5, 5.41) is 6.81. The zero-order chi connectivity index (χ0) is 25.1. The van der Waals surface area contributed by atoms with Gasteiger partial charge in [-0.25, -0.2) is 4.39 Å². The number of thiocarbonyl (C=S) groups is 1. The molecular formula is C27H23BrFN5OS. The lowest BCUT2D eigenvalue weighted by Gasteiger charge is -2.29. The molecule has 182 valence electrons. The Kier molecular flexibility index (Phi) is 7.11. The van der Waals surface area contributed by atoms with Crippen LogP contribution < -0.4 is 10.6 Å². The molecule has 0 unspecified atom stereocenters. The molecule has 2 atom stereocenters. The Balaban J connectivity index is 1.44. The van der Waals surface area contributed by atoms with Crippen LogP contribution in [-0.4, -0.2) is 32.0 Å². The number of hydrogen-bond donors (Lipinski definition) is 2. The van der Waals surface area contributed by atoms with Crippen molar-refractivity contribution in [1.82, 2.24) is 19.8 Å². The fourth-order valence-corrected chi connectivity index (χ4v) is 5.16. The van der Waals surface area contributed by atoms with Crippen molar-refractivity contribution < 1.29 is 9.18 Å². The number of carbonyl (C=O) groups is 1. The molecule has 4 aromatic rings. The third kappa shape index (κ3) is 5.17. The second-order valence-corrected chi connectivity index (χ2v) is 9.71. The minimum atomic E-state index is -0.349. The SMILES string of the molecule is O=C(CCN1C(=S)N[C@@H](c2ccccn2)[C@H]1c1cccn1-c1cccc(Br)c1)Nc1ccc(F)cc1. The van der Waals surface area contributed by atoms with E-state index in [4.69, 9.17) is 12.2 Å². The Bertz CT molecular complexity index is 1380. The first-order chi connectivity index (χ1) is 17.5. The van der Waals surface area contributed by atoms with Crippen LogP contribution in [0, 0.1) is 5.82 Å². The van der Waals surface area contributed by atoms with Crippen molar-refractivity contribution >= 4 is 44.9 Å². The number of hydrogen-bond acceptors (Lipinski definition) is 3. The Hall–Kier alpha value is -3.56. The minimum absolute atomic E-state index is 0.174. The zero-order valence-corrected chi connectivity index (χ0v) is 21.5. The molecule has 5 rings (SSSR count). The summed E-state index contributed by atoms with van der Waals surface area (Å²) in [5.41, 5.74) is 3.45. The summed E-state index contributed by atoms with van der Waals surface area (Å²) in [7, 11) is 0. The number of rotatable bonds is 7. The maximum absolute atomic E-state index is 13.2. The second kappa shape index (κ2) is 10.6. The number of aromatic nitrogens is 2. The molecule has 3 heterocycles. The number of anilines is 1. The van der Waals surface area contributed by atoms with Crippen LogP contribution in [0.1, 0.15) is 29.9 Å². The van der Waals surface area contributed by atoms with Gasteiger partial charge in [0.1, 0.15) is 5.82 Å². The first-order valence-electron chi connectivity index (χ1n) is 11.5. The van der Waals surface area contributed by atoms with Gasteiger partial charge >= 0.3 is 0 Å². The predicted molar refractivity (Wildman–Crippen MR) is 145 cm³/mol. The van der Waals surface area contributed by atoms with Crippen molar-refractivity contribution in [2.24, 2.45) is 0 Å². The molecule has 2 aromatic heterocycles. The molecule has 1 aliphatic rings. The average Bonchev–Trinajstić information content (AvgIpc) is 3.49. The molecule has 0 saturated carbocycles. The van der Waals surface area contributed by atoms with Gasteiger partial charge in [0, 0.05) is 46.9 Å². The summed E-state index contributed by atoms with van der Waals surface area (Å²) in [6, 6.07) is 23.3. The first-order valence-corrected chi connectivity index (χ1v) is 12.7. The fraction of sp³-hybridized carbons (Fsp3) is 0.148. The minimum Gasteiger partial charge on any atom is -0.352 e. The predicted octanol–water partition coefficient (Wildman–Crippen LogP) is 5.78. The topological polar surface area (TPSA) is 62.2 Å². The van der Waals surface area contributed by atoms with E-state index in [0.717, 1.165) is 21.5 Å². The van der Waals surface area contributed by atoms with Gasteiger partial charge in [0.15, 0.2) is 5.11 Å². The van der Waals surface area contributed by atoms with E-state index in [9.17, 15) is 9.18 Å². The summed E-state index contributed by atoms with van der Waals surface area (Å²) >= 11 is 9.31. The third-order valence-electron chi connectivity index (χ3n) is 6.08. The van der Waals surface area contributed by atoms with E-state index in [1.165, 1.54) is 12.1 Å². The molecule has 0 spiro atoms. The Morgan fingerprint density at radius 1 is 1.08 bits per heavy atom. The van der Waals surface area contributed by atoms with E-state index in [0.29, 0.717) is 17.3 Å². The normalized spacial score (nSPS) is 17.2. The molecule has 2 aromatic carbocycles. The van der Waals surface area contributed by atoms with Crippen molar-refractivity contribution in [2.45, 2.75) is 18.5 Å². The number of pyridine rings is 1. The zero-order valence-electron chi connectivity index (χ0n) is 19.1. The molecule has 0 aliphatic carbocycles. The highest BCUT2D eigenvalue weighted by Gasteiger charge is 2.41. The summed E-state index contributed by atoms with van der Waals surface area (Å²) in [5.74, 6) is -0.523. The molecular weight excluding hydrogens is 541 g/mol. The van der Waals surface area contributed by atoms with Crippen LogP contribution in [0.25, 0.3) is 5.69 Å². The fourth-order valence-electron chi connectivity index (χ4n) is 4.44. The van der Waals surface area contributed by atoms with Gasteiger partial charge in [-0.05, 0) is 78.9 Å². The Labute approximate surface area is 222 Å². The highest BCUT2D eigenvalue weighted by molar-refractivity contribution is 9.10. The number of nitrogens with zero attached hydrogens (tertiary/aromatic N) is 3. The quantitative estimate of drug-likeness (QED) is 0.279. The van der Waals surface area contributed by atoms with Gasteiger partial charge in [-0.3, -0.25) is 9.78 Å². The van der Waals surface area contributed by atoms with E-state index in [1.54, 1.807) is 18.3 Å². The van der Waals surface area contributed by atoms with Crippen molar-refractivity contribution in [3.8, 4) is 5.69 Å². The van der Waals surface area contributed by atoms with Gasteiger partial charge < -0.3 is 20.1 Å². The van der Waals surface area contributed by atoms with Crippen LogP contribution >= 0.6 is 28.1 Å². The first kappa shape index (κ1) is 24.1. The molecule has 1 aliphatic heterocycles. The molecule has 2 N–H and O–H groups in total. The van der Waals surface area contributed by atoms with E-state index in [1.807, 2.05) is 53.6 Å². The highest BCUT2D eigenvalue weighted by Crippen LogP contribution is 2.39. The van der Waals surface area contributed by atoms with Crippen LogP contribution in [0.2, 0.25) is 0 Å². The molecule has 1 saturated heterocycles. The summed E-state index contributed by atoms with van der Waals surface area (Å²) in [6.45, 7) is 0.399. The van der Waals surface area contributed by atoms with E-state index >= 15 is 0 Å². The van der Waals surface area contributed by atoms with Crippen LogP contribution in [0.3, 0.4) is 0 Å². The summed E-state index contributed by atoms with van der Waals surface area (Å²) in [4.78, 5) is 19.3. The lowest BCUT2D eigenvalue weighted by Crippen LogP contribution is -2.33. The van der Waals surface area contributed by atoms with E-state index in [2.05, 4.69) is 48.2 Å². The molecule has 0 radical (unpaired) electrons. The number of amides is 1. The molecule has 6 nitrogen and oxygen atoms in total. The Morgan fingerprint density at radius 3 is 2.67 bits per heavy atom. The molecule has 9 heteroatoms. The van der Waals surface area contributed by atoms with Crippen LogP contribution in [0.5, 0.6) is 0 Å². The number of nitrogens with one attached hydrogen (secondary N) is 2. The molecule has 1 fully saturated rings. The summed E-state index contributed by atoms with van der Waals surface area (Å²) in [6.07, 6.45) is 4.00. The maximum atomic E-state index is 13.2. The average molecular weight is 564 g/mol. The van der Waals surface area contributed by atoms with E-state index < -0.39 is 0 Å². The molecule has 36 heavy (non-hydrogen) atoms. The van der Waals surface area contributed by atoms with Crippen LogP contribution in [0.4, 0.5) is 10.1 Å². The van der Waals surface area contributed by atoms with Crippen molar-refractivity contribution in [1.29, 1.82) is 0 Å². The Morgan fingerprint density at radius 2 is 1.92 bits per heavy atom. The monoisotopic (exact) mass is 563 g/mol. The van der Waals surface area contributed by atoms with Gasteiger partial charge in [0.2, 0.25) is 5.91 Å². The van der Waals surface area contributed by atoms with Crippen molar-refractivity contribution in [3.63, 3.8) is 0 Å². The van der Waals surface area contributed by atoms with Crippen molar-refractivity contribution in [2.75, 3.05) is 11.9 Å². The highest BCUT2D eigenvalue weighted by atomic mass is 79.9. The van der Waals surface area contributed by atoms with Gasteiger partial charge in [-0.2, -0.15) is 0 Å². The lowest BCUT2D eigenvalue weighted by molar-refractivity contribution is -0.116. The number of carbonyl (C=O) groups excluding carboxylic acids is 1. The standard InChI is InChI=1S/C27H23BrFN5OS/c28-18-5-3-6-21(17-18)33-15-4-8-23(33)26-25(22-7-1-2-14-30-22)32-27(36)34(26)16-13-24(35)31-20-11-9-19(29)10-12-20/h1-12,14-15,17,25-26H,13,16H2,(H,31,35)(H,32,36)/t25-,26+/m0/s1. The molecule has 0 bridgehead atoms. The largest absolute Gasteiger partial charge is 0.352 e. The smallest absolute Gasteiger partial charge is 0.226 e. The third-order valence-corrected chi connectivity index (χ3v) is 6.92. The van der Waals surface area contributed by atoms with Gasteiger partial charge in [-0.1, -0.05) is 28.1 Å². The maximum Gasteiger partial charge on any atom is 0.226 e. The molecule has 1 amide bonds. The summed E-state index contributed by atoms with van der Waals surface area (Å²) < 4.78 is 16.3. The van der Waals surface area contributed by atoms with Gasteiger partial charge in [-0.15, -0.1) is 0 Å². The van der Waals surface area contributed by atoms with Crippen LogP contribution in [0.15, 0.2) is 95.7 Å². The number of benzene rings is 2. The van der Waals surface area contributed by atoms with Crippen molar-refractivity contribution in [3.05, 3.63) is 113 Å². The second-order valence-electron chi connectivity index (χ2n) is 8.41. The van der Waals surface area contributed by atoms with E-state index in [-0.39, 0.29) is 30.2 Å². The van der Waals surface area contributed by atoms with Gasteiger partial charge in [0.25, 0.3) is 0 Å². The van der Waals surface area contributed by atoms with Gasteiger partial charge in [0.05, 0.1) is 17.8 Å². The van der Waals surface area contributed by atoms with Crippen LogP contribution in [-0.2, 0) is 4.79 Å². The number of halogens is 2.